The van der Waals surface area contributed by atoms with Crippen molar-refractivity contribution in [3.8, 4) is 0 Å². The Bertz CT molecular complexity index is 74.0. The Kier molecular flexibility index (Phi) is 8.64. The van der Waals surface area contributed by atoms with Crippen LogP contribution in [0.3, 0.4) is 0 Å². The summed E-state index contributed by atoms with van der Waals surface area (Å²) >= 11 is 2.04. The first kappa shape index (κ1) is 11.3. The van der Waals surface area contributed by atoms with Crippen LogP contribution in [0.5, 0.6) is 0 Å². The SMILES string of the molecule is CC(C)CCCSCCCN. The lowest BCUT2D eigenvalue weighted by molar-refractivity contribution is 0.579. The highest BCUT2D eigenvalue weighted by atomic mass is 32.2. The van der Waals surface area contributed by atoms with Crippen LogP contribution < -0.4 is 5.73 Å². The minimum Gasteiger partial charge on any atom is -0.330 e. The second kappa shape index (κ2) is 8.41. The fourth-order valence-electron chi connectivity index (χ4n) is 0.881. The summed E-state index contributed by atoms with van der Waals surface area (Å²) in [6.45, 7) is 5.41. The summed E-state index contributed by atoms with van der Waals surface area (Å²) in [6.07, 6.45) is 3.91. The highest BCUT2D eigenvalue weighted by Crippen LogP contribution is 2.09. The summed E-state index contributed by atoms with van der Waals surface area (Å²) in [5.41, 5.74) is 5.38. The van der Waals surface area contributed by atoms with Crippen molar-refractivity contribution in [2.45, 2.75) is 33.1 Å². The van der Waals surface area contributed by atoms with Gasteiger partial charge in [-0.1, -0.05) is 20.3 Å². The van der Waals surface area contributed by atoms with Crippen LogP contribution in [0.2, 0.25) is 0 Å². The third-order valence-electron chi connectivity index (χ3n) is 1.56. The van der Waals surface area contributed by atoms with E-state index in [-0.39, 0.29) is 0 Å². The van der Waals surface area contributed by atoms with Gasteiger partial charge in [0, 0.05) is 0 Å². The molecule has 1 nitrogen and oxygen atoms in total. The monoisotopic (exact) mass is 175 g/mol. The second-order valence-corrected chi connectivity index (χ2v) is 4.52. The van der Waals surface area contributed by atoms with E-state index in [1.54, 1.807) is 0 Å². The van der Waals surface area contributed by atoms with Gasteiger partial charge in [0.1, 0.15) is 0 Å². The first-order valence-electron chi connectivity index (χ1n) is 4.55. The number of hydrogen-bond donors (Lipinski definition) is 1. The van der Waals surface area contributed by atoms with Crippen molar-refractivity contribution >= 4 is 11.8 Å². The van der Waals surface area contributed by atoms with Crippen LogP contribution in [0.25, 0.3) is 0 Å². The first-order valence-corrected chi connectivity index (χ1v) is 5.70. The fourth-order valence-corrected chi connectivity index (χ4v) is 1.83. The molecule has 0 fully saturated rings. The van der Waals surface area contributed by atoms with Gasteiger partial charge in [0.15, 0.2) is 0 Å². The quantitative estimate of drug-likeness (QED) is 0.602. The molecule has 11 heavy (non-hydrogen) atoms. The maximum atomic E-state index is 5.38. The van der Waals surface area contributed by atoms with Gasteiger partial charge in [-0.2, -0.15) is 11.8 Å². The summed E-state index contributed by atoms with van der Waals surface area (Å²) < 4.78 is 0. The van der Waals surface area contributed by atoms with E-state index in [0.29, 0.717) is 0 Å². The minimum atomic E-state index is 0.844. The molecule has 68 valence electrons. The van der Waals surface area contributed by atoms with Crippen LogP contribution in [-0.2, 0) is 0 Å². The highest BCUT2D eigenvalue weighted by Gasteiger charge is 1.93. The molecule has 0 saturated carbocycles. The van der Waals surface area contributed by atoms with E-state index in [4.69, 9.17) is 5.73 Å². The molecule has 0 aliphatic rings. The standard InChI is InChI=1S/C9H21NS/c1-9(2)5-3-7-11-8-4-6-10/h9H,3-8,10H2,1-2H3. The minimum absolute atomic E-state index is 0.844. The molecule has 0 spiro atoms. The van der Waals surface area contributed by atoms with Gasteiger partial charge in [0.2, 0.25) is 0 Å². The first-order chi connectivity index (χ1) is 5.27. The van der Waals surface area contributed by atoms with E-state index in [1.807, 2.05) is 11.8 Å². The Morgan fingerprint density at radius 2 is 1.82 bits per heavy atom. The molecule has 0 amide bonds. The predicted octanol–water partition coefficient (Wildman–Crippen LogP) is 2.50. The molecule has 0 atom stereocenters. The fraction of sp³-hybridized carbons (Fsp3) is 1.00. The zero-order valence-electron chi connectivity index (χ0n) is 7.81. The Labute approximate surface area is 75.1 Å². The Balaban J connectivity index is 2.80. The van der Waals surface area contributed by atoms with Gasteiger partial charge in [-0.25, -0.2) is 0 Å². The molecule has 0 bridgehead atoms. The van der Waals surface area contributed by atoms with E-state index in [1.165, 1.54) is 30.8 Å². The Morgan fingerprint density at radius 1 is 1.18 bits per heavy atom. The van der Waals surface area contributed by atoms with Gasteiger partial charge in [0.25, 0.3) is 0 Å². The van der Waals surface area contributed by atoms with Crippen LogP contribution in [-0.4, -0.2) is 18.1 Å². The molecule has 0 aromatic carbocycles. The van der Waals surface area contributed by atoms with Crippen molar-refractivity contribution < 1.29 is 0 Å². The van der Waals surface area contributed by atoms with E-state index >= 15 is 0 Å². The topological polar surface area (TPSA) is 26.0 Å². The maximum absolute atomic E-state index is 5.38. The third-order valence-corrected chi connectivity index (χ3v) is 2.72. The van der Waals surface area contributed by atoms with Crippen molar-refractivity contribution in [3.63, 3.8) is 0 Å². The summed E-state index contributed by atoms with van der Waals surface area (Å²) in [7, 11) is 0. The average Bonchev–Trinajstić information content (AvgIpc) is 1.96. The molecular weight excluding hydrogens is 154 g/mol. The number of nitrogens with two attached hydrogens (primary N) is 1. The normalized spacial score (nSPS) is 10.9. The number of thioether (sulfide) groups is 1. The predicted molar refractivity (Wildman–Crippen MR) is 55.1 cm³/mol. The van der Waals surface area contributed by atoms with Crippen LogP contribution in [0.4, 0.5) is 0 Å². The molecular formula is C9H21NS. The molecule has 0 aromatic rings. The van der Waals surface area contributed by atoms with E-state index in [0.717, 1.165) is 12.5 Å². The smallest absolute Gasteiger partial charge is 0.00555 e. The molecule has 2 heteroatoms. The zero-order valence-corrected chi connectivity index (χ0v) is 8.62. The van der Waals surface area contributed by atoms with Crippen LogP contribution >= 0.6 is 11.8 Å². The van der Waals surface area contributed by atoms with Gasteiger partial charge < -0.3 is 5.73 Å². The summed E-state index contributed by atoms with van der Waals surface area (Å²) in [4.78, 5) is 0. The summed E-state index contributed by atoms with van der Waals surface area (Å²) in [5, 5.41) is 0. The average molecular weight is 175 g/mol. The van der Waals surface area contributed by atoms with E-state index in [9.17, 15) is 0 Å². The van der Waals surface area contributed by atoms with Crippen molar-refractivity contribution in [2.24, 2.45) is 11.7 Å². The van der Waals surface area contributed by atoms with Gasteiger partial charge in [0.05, 0.1) is 0 Å². The molecule has 0 saturated heterocycles. The van der Waals surface area contributed by atoms with Crippen LogP contribution in [0.15, 0.2) is 0 Å². The zero-order chi connectivity index (χ0) is 8.53. The van der Waals surface area contributed by atoms with E-state index < -0.39 is 0 Å². The van der Waals surface area contributed by atoms with Gasteiger partial charge in [-0.3, -0.25) is 0 Å². The maximum Gasteiger partial charge on any atom is -0.00555 e. The van der Waals surface area contributed by atoms with Crippen molar-refractivity contribution in [1.82, 2.24) is 0 Å². The lowest BCUT2D eigenvalue weighted by Gasteiger charge is -2.03. The Hall–Kier alpha value is 0.310. The van der Waals surface area contributed by atoms with Crippen LogP contribution in [0, 0.1) is 5.92 Å². The molecule has 0 rings (SSSR count). The molecule has 0 aliphatic heterocycles. The molecule has 0 unspecified atom stereocenters. The molecule has 0 radical (unpaired) electrons. The van der Waals surface area contributed by atoms with Crippen LogP contribution in [0.1, 0.15) is 33.1 Å². The third kappa shape index (κ3) is 10.3. The van der Waals surface area contributed by atoms with E-state index in [2.05, 4.69) is 13.8 Å². The molecule has 0 heterocycles. The summed E-state index contributed by atoms with van der Waals surface area (Å²) in [5.74, 6) is 3.43. The van der Waals surface area contributed by atoms with Crippen molar-refractivity contribution in [2.75, 3.05) is 18.1 Å². The summed E-state index contributed by atoms with van der Waals surface area (Å²) in [6, 6.07) is 0. The lowest BCUT2D eigenvalue weighted by Crippen LogP contribution is -2.00. The molecule has 0 aromatic heterocycles. The van der Waals surface area contributed by atoms with Crippen molar-refractivity contribution in [3.05, 3.63) is 0 Å². The molecule has 2 N–H and O–H groups in total. The van der Waals surface area contributed by atoms with Gasteiger partial charge in [-0.05, 0) is 36.8 Å². The Morgan fingerprint density at radius 3 is 2.36 bits per heavy atom. The van der Waals surface area contributed by atoms with Gasteiger partial charge in [-0.15, -0.1) is 0 Å². The largest absolute Gasteiger partial charge is 0.330 e. The number of rotatable bonds is 7. The highest BCUT2D eigenvalue weighted by molar-refractivity contribution is 7.99. The lowest BCUT2D eigenvalue weighted by atomic mass is 10.1. The number of hydrogen-bond acceptors (Lipinski definition) is 2. The molecule has 0 aliphatic carbocycles. The second-order valence-electron chi connectivity index (χ2n) is 3.29. The van der Waals surface area contributed by atoms with Gasteiger partial charge >= 0.3 is 0 Å². The van der Waals surface area contributed by atoms with Crippen molar-refractivity contribution in [1.29, 1.82) is 0 Å².